The quantitative estimate of drug-likeness (QED) is 0.810. The van der Waals surface area contributed by atoms with Gasteiger partial charge in [-0.2, -0.15) is 13.2 Å². The van der Waals surface area contributed by atoms with E-state index in [1.165, 1.54) is 0 Å². The Morgan fingerprint density at radius 1 is 1.28 bits per heavy atom. The lowest BCUT2D eigenvalue weighted by Crippen LogP contribution is -2.11. The molecule has 0 aliphatic rings. The highest BCUT2D eigenvalue weighted by atomic mass is 79.9. The second-order valence-corrected chi connectivity index (χ2v) is 4.69. The topological polar surface area (TPSA) is 35.2 Å². The van der Waals surface area contributed by atoms with Gasteiger partial charge in [0.2, 0.25) is 0 Å². The summed E-state index contributed by atoms with van der Waals surface area (Å²) in [6.45, 7) is 0.509. The fourth-order valence-electron chi connectivity index (χ4n) is 1.51. The smallest absolute Gasteiger partial charge is 0.389 e. The number of hydrogen-bond acceptors (Lipinski definition) is 2. The second-order valence-electron chi connectivity index (χ2n) is 3.83. The monoisotopic (exact) mass is 325 g/mol. The minimum absolute atomic E-state index is 0.0414. The Bertz CT molecular complexity index is 382. The highest BCUT2D eigenvalue weighted by Crippen LogP contribution is 2.30. The molecule has 102 valence electrons. The summed E-state index contributed by atoms with van der Waals surface area (Å²) in [7, 11) is 0. The van der Waals surface area contributed by atoms with Crippen molar-refractivity contribution in [3.05, 3.63) is 28.2 Å². The number of alkyl halides is 3. The van der Waals surface area contributed by atoms with Gasteiger partial charge in [-0.3, -0.25) is 0 Å². The van der Waals surface area contributed by atoms with Crippen LogP contribution in [0.3, 0.4) is 0 Å². The van der Waals surface area contributed by atoms with E-state index >= 15 is 0 Å². The Kier molecular flexibility index (Phi) is 5.95. The molecule has 0 fully saturated rings. The predicted molar refractivity (Wildman–Crippen MR) is 67.7 cm³/mol. The molecule has 1 rings (SSSR count). The zero-order valence-corrected chi connectivity index (χ0v) is 11.4. The highest BCUT2D eigenvalue weighted by molar-refractivity contribution is 9.10. The molecule has 0 spiro atoms. The maximum absolute atomic E-state index is 12.0. The molecule has 6 heteroatoms. The van der Waals surface area contributed by atoms with Crippen molar-refractivity contribution in [2.75, 3.05) is 13.2 Å². The minimum atomic E-state index is -4.13. The first-order valence-electron chi connectivity index (χ1n) is 5.61. The van der Waals surface area contributed by atoms with Crippen molar-refractivity contribution >= 4 is 15.9 Å². The van der Waals surface area contributed by atoms with Crippen LogP contribution < -0.4 is 10.5 Å². The van der Waals surface area contributed by atoms with E-state index in [-0.39, 0.29) is 13.0 Å². The molecule has 0 amide bonds. The van der Waals surface area contributed by atoms with Gasteiger partial charge < -0.3 is 10.5 Å². The van der Waals surface area contributed by atoms with Crippen molar-refractivity contribution in [1.82, 2.24) is 0 Å². The summed E-state index contributed by atoms with van der Waals surface area (Å²) in [5, 5.41) is 0. The molecule has 0 bridgehead atoms. The Balaban J connectivity index is 2.55. The molecule has 0 radical (unpaired) electrons. The SMILES string of the molecule is NCCc1cccc(Br)c1OCCCC(F)(F)F. The van der Waals surface area contributed by atoms with Crippen LogP contribution in [-0.4, -0.2) is 19.3 Å². The van der Waals surface area contributed by atoms with Gasteiger partial charge in [0.1, 0.15) is 5.75 Å². The molecule has 0 heterocycles. The van der Waals surface area contributed by atoms with Crippen molar-refractivity contribution in [2.45, 2.75) is 25.4 Å². The van der Waals surface area contributed by atoms with E-state index in [1.807, 2.05) is 12.1 Å². The van der Waals surface area contributed by atoms with Gasteiger partial charge >= 0.3 is 6.18 Å². The molecular weight excluding hydrogens is 311 g/mol. The summed E-state index contributed by atoms with van der Waals surface area (Å²) < 4.78 is 42.1. The zero-order chi connectivity index (χ0) is 13.6. The third-order valence-electron chi connectivity index (χ3n) is 2.31. The van der Waals surface area contributed by atoms with E-state index in [9.17, 15) is 13.2 Å². The number of hydrogen-bond donors (Lipinski definition) is 1. The molecule has 0 aliphatic heterocycles. The average molecular weight is 326 g/mol. The van der Waals surface area contributed by atoms with Crippen molar-refractivity contribution in [3.8, 4) is 5.75 Å². The van der Waals surface area contributed by atoms with Crippen molar-refractivity contribution in [2.24, 2.45) is 5.73 Å². The molecule has 0 aliphatic carbocycles. The fourth-order valence-corrected chi connectivity index (χ4v) is 2.04. The van der Waals surface area contributed by atoms with E-state index < -0.39 is 12.6 Å². The van der Waals surface area contributed by atoms with Gasteiger partial charge in [-0.1, -0.05) is 12.1 Å². The summed E-state index contributed by atoms with van der Waals surface area (Å²) in [5.41, 5.74) is 6.37. The summed E-state index contributed by atoms with van der Waals surface area (Å²) in [5.74, 6) is 0.588. The fraction of sp³-hybridized carbons (Fsp3) is 0.500. The molecule has 1 aromatic carbocycles. The van der Waals surface area contributed by atoms with Gasteiger partial charge in [-0.25, -0.2) is 0 Å². The molecule has 0 aromatic heterocycles. The van der Waals surface area contributed by atoms with E-state index in [4.69, 9.17) is 10.5 Å². The van der Waals surface area contributed by atoms with Crippen LogP contribution in [-0.2, 0) is 6.42 Å². The minimum Gasteiger partial charge on any atom is -0.492 e. The van der Waals surface area contributed by atoms with Crippen molar-refractivity contribution < 1.29 is 17.9 Å². The van der Waals surface area contributed by atoms with Crippen LogP contribution in [0.1, 0.15) is 18.4 Å². The Morgan fingerprint density at radius 3 is 2.61 bits per heavy atom. The molecule has 0 saturated heterocycles. The zero-order valence-electron chi connectivity index (χ0n) is 9.77. The van der Waals surface area contributed by atoms with Crippen molar-refractivity contribution in [1.29, 1.82) is 0 Å². The molecule has 1 aromatic rings. The van der Waals surface area contributed by atoms with Crippen LogP contribution in [0.25, 0.3) is 0 Å². The summed E-state index contributed by atoms with van der Waals surface area (Å²) in [6.07, 6.45) is -4.37. The van der Waals surface area contributed by atoms with E-state index in [0.29, 0.717) is 18.7 Å². The van der Waals surface area contributed by atoms with Crippen molar-refractivity contribution in [3.63, 3.8) is 0 Å². The van der Waals surface area contributed by atoms with E-state index in [1.54, 1.807) is 6.07 Å². The first-order valence-corrected chi connectivity index (χ1v) is 6.40. The Hall–Kier alpha value is -0.750. The van der Waals surface area contributed by atoms with Gasteiger partial charge in [0.05, 0.1) is 11.1 Å². The predicted octanol–water partition coefficient (Wildman–Crippen LogP) is 3.67. The molecule has 2 nitrogen and oxygen atoms in total. The first kappa shape index (κ1) is 15.3. The summed E-state index contributed by atoms with van der Waals surface area (Å²) in [4.78, 5) is 0. The number of benzene rings is 1. The lowest BCUT2D eigenvalue weighted by molar-refractivity contribution is -0.136. The number of ether oxygens (including phenoxy) is 1. The lowest BCUT2D eigenvalue weighted by Gasteiger charge is -2.13. The summed E-state index contributed by atoms with van der Waals surface area (Å²) >= 11 is 3.32. The number of halogens is 4. The van der Waals surface area contributed by atoms with Crippen LogP contribution in [0.15, 0.2) is 22.7 Å². The van der Waals surface area contributed by atoms with Crippen LogP contribution in [0.4, 0.5) is 13.2 Å². The normalized spacial score (nSPS) is 11.6. The van der Waals surface area contributed by atoms with Gasteiger partial charge in [0, 0.05) is 6.42 Å². The molecule has 18 heavy (non-hydrogen) atoms. The van der Waals surface area contributed by atoms with E-state index in [0.717, 1.165) is 10.0 Å². The largest absolute Gasteiger partial charge is 0.492 e. The first-order chi connectivity index (χ1) is 8.44. The average Bonchev–Trinajstić information content (AvgIpc) is 2.26. The molecular formula is C12H15BrF3NO. The summed E-state index contributed by atoms with van der Waals surface area (Å²) in [6, 6.07) is 5.49. The molecule has 0 atom stereocenters. The Labute approximate surface area is 112 Å². The third kappa shape index (κ3) is 5.27. The second kappa shape index (κ2) is 6.99. The van der Waals surface area contributed by atoms with Gasteiger partial charge in [-0.05, 0) is 46.9 Å². The number of para-hydroxylation sites is 1. The molecule has 2 N–H and O–H groups in total. The maximum atomic E-state index is 12.0. The van der Waals surface area contributed by atoms with E-state index in [2.05, 4.69) is 15.9 Å². The maximum Gasteiger partial charge on any atom is 0.389 e. The van der Waals surface area contributed by atoms with Gasteiger partial charge in [0.25, 0.3) is 0 Å². The number of rotatable bonds is 6. The molecule has 0 unspecified atom stereocenters. The van der Waals surface area contributed by atoms with Crippen LogP contribution in [0.2, 0.25) is 0 Å². The third-order valence-corrected chi connectivity index (χ3v) is 2.94. The van der Waals surface area contributed by atoms with Gasteiger partial charge in [0.15, 0.2) is 0 Å². The van der Waals surface area contributed by atoms with Crippen LogP contribution in [0, 0.1) is 0 Å². The van der Waals surface area contributed by atoms with Crippen LogP contribution >= 0.6 is 15.9 Å². The van der Waals surface area contributed by atoms with Gasteiger partial charge in [-0.15, -0.1) is 0 Å². The Morgan fingerprint density at radius 2 is 2.00 bits per heavy atom. The lowest BCUT2D eigenvalue weighted by atomic mass is 10.1. The highest BCUT2D eigenvalue weighted by Gasteiger charge is 2.26. The van der Waals surface area contributed by atoms with Crippen LogP contribution in [0.5, 0.6) is 5.75 Å². The molecule has 0 saturated carbocycles. The standard InChI is InChI=1S/C12H15BrF3NO/c13-10-4-1-3-9(5-7-17)11(10)18-8-2-6-12(14,15)16/h1,3-4H,2,5-8,17H2. The number of nitrogens with two attached hydrogens (primary N) is 1.